The van der Waals surface area contributed by atoms with Crippen LogP contribution < -0.4 is 0 Å². The number of carboxylic acid groups (broad SMARTS) is 1. The third-order valence-electron chi connectivity index (χ3n) is 4.46. The Bertz CT molecular complexity index is 871. The second-order valence-corrected chi connectivity index (χ2v) is 6.26. The molecule has 9 heteroatoms. The van der Waals surface area contributed by atoms with Crippen LogP contribution in [0.3, 0.4) is 0 Å². The molecule has 1 aliphatic heterocycles. The third kappa shape index (κ3) is 2.70. The van der Waals surface area contributed by atoms with Gasteiger partial charge in [0.25, 0.3) is 5.91 Å². The van der Waals surface area contributed by atoms with Crippen LogP contribution in [0.5, 0.6) is 0 Å². The Morgan fingerprint density at radius 3 is 2.60 bits per heavy atom. The molecule has 2 aromatic rings. The van der Waals surface area contributed by atoms with E-state index in [-0.39, 0.29) is 17.6 Å². The lowest BCUT2D eigenvalue weighted by molar-refractivity contribution is -0.227. The first-order chi connectivity index (χ1) is 11.7. The number of alkyl halides is 3. The Hall–Kier alpha value is -2.35. The van der Waals surface area contributed by atoms with Crippen molar-refractivity contribution < 1.29 is 27.9 Å². The van der Waals surface area contributed by atoms with Crippen LogP contribution in [-0.4, -0.2) is 46.1 Å². The van der Waals surface area contributed by atoms with E-state index in [1.807, 2.05) is 0 Å². The van der Waals surface area contributed by atoms with E-state index in [2.05, 4.69) is 4.98 Å². The molecule has 1 amide bonds. The van der Waals surface area contributed by atoms with Crippen molar-refractivity contribution in [2.24, 2.45) is 5.41 Å². The van der Waals surface area contributed by atoms with Crippen LogP contribution in [0.2, 0.25) is 5.02 Å². The van der Waals surface area contributed by atoms with Gasteiger partial charge in [-0.3, -0.25) is 14.6 Å². The molecule has 1 atom stereocenters. The number of hydrogen-bond acceptors (Lipinski definition) is 3. The first-order valence-electron chi connectivity index (χ1n) is 7.30. The highest BCUT2D eigenvalue weighted by molar-refractivity contribution is 6.36. The molecule has 1 saturated heterocycles. The number of hydrogen-bond donors (Lipinski definition) is 1. The highest BCUT2D eigenvalue weighted by Crippen LogP contribution is 2.46. The summed E-state index contributed by atoms with van der Waals surface area (Å²) in [4.78, 5) is 28.9. The topological polar surface area (TPSA) is 70.5 Å². The van der Waals surface area contributed by atoms with Crippen molar-refractivity contribution in [1.29, 1.82) is 0 Å². The summed E-state index contributed by atoms with van der Waals surface area (Å²) in [6.45, 7) is -1.23. The summed E-state index contributed by atoms with van der Waals surface area (Å²) < 4.78 is 39.8. The maximum atomic E-state index is 13.3. The number of aliphatic carboxylic acids is 1. The van der Waals surface area contributed by atoms with E-state index in [9.17, 15) is 22.8 Å². The third-order valence-corrected chi connectivity index (χ3v) is 4.78. The largest absolute Gasteiger partial charge is 0.481 e. The van der Waals surface area contributed by atoms with Crippen molar-refractivity contribution in [3.63, 3.8) is 0 Å². The second kappa shape index (κ2) is 5.87. The fourth-order valence-electron chi connectivity index (χ4n) is 2.99. The molecule has 25 heavy (non-hydrogen) atoms. The van der Waals surface area contributed by atoms with Crippen molar-refractivity contribution in [2.75, 3.05) is 13.1 Å². The molecule has 2 heterocycles. The molecule has 0 saturated carbocycles. The van der Waals surface area contributed by atoms with Crippen molar-refractivity contribution in [3.8, 4) is 0 Å². The van der Waals surface area contributed by atoms with Gasteiger partial charge in [0.2, 0.25) is 0 Å². The summed E-state index contributed by atoms with van der Waals surface area (Å²) >= 11 is 6.05. The van der Waals surface area contributed by atoms with Crippen molar-refractivity contribution in [2.45, 2.75) is 12.6 Å². The van der Waals surface area contributed by atoms with Gasteiger partial charge in [-0.25, -0.2) is 0 Å². The fourth-order valence-corrected chi connectivity index (χ4v) is 3.21. The Morgan fingerprint density at radius 1 is 1.28 bits per heavy atom. The number of likely N-dealkylation sites (tertiary alicyclic amines) is 1. The van der Waals surface area contributed by atoms with Crippen LogP contribution in [0, 0.1) is 5.41 Å². The first kappa shape index (κ1) is 17.5. The average molecular weight is 373 g/mol. The molecule has 0 bridgehead atoms. The van der Waals surface area contributed by atoms with E-state index >= 15 is 0 Å². The molecule has 1 aromatic carbocycles. The zero-order chi connectivity index (χ0) is 18.4. The molecular formula is C16H12ClF3N2O3. The number of aromatic nitrogens is 1. The Balaban J connectivity index is 1.99. The van der Waals surface area contributed by atoms with Gasteiger partial charge in [-0.1, -0.05) is 11.6 Å². The molecule has 1 aliphatic rings. The highest BCUT2D eigenvalue weighted by Gasteiger charge is 2.64. The minimum atomic E-state index is -4.95. The summed E-state index contributed by atoms with van der Waals surface area (Å²) in [6, 6.07) is 6.11. The first-order valence-corrected chi connectivity index (χ1v) is 7.68. The van der Waals surface area contributed by atoms with Gasteiger partial charge < -0.3 is 10.0 Å². The number of rotatable bonds is 2. The van der Waals surface area contributed by atoms with E-state index in [1.54, 1.807) is 12.1 Å². The van der Waals surface area contributed by atoms with Crippen LogP contribution in [-0.2, 0) is 4.79 Å². The zero-order valence-corrected chi connectivity index (χ0v) is 13.4. The van der Waals surface area contributed by atoms with Gasteiger partial charge in [-0.15, -0.1) is 0 Å². The fraction of sp³-hybridized carbons (Fsp3) is 0.312. The minimum Gasteiger partial charge on any atom is -0.481 e. The zero-order valence-electron chi connectivity index (χ0n) is 12.7. The summed E-state index contributed by atoms with van der Waals surface area (Å²) in [5.41, 5.74) is -2.60. The van der Waals surface area contributed by atoms with Crippen LogP contribution in [0.4, 0.5) is 13.2 Å². The SMILES string of the molecule is O=C(c1ccc(Cl)c2cccnc12)N1CCC(C(=O)O)(C(F)(F)F)C1. The van der Waals surface area contributed by atoms with E-state index in [1.165, 1.54) is 18.3 Å². The van der Waals surface area contributed by atoms with Gasteiger partial charge in [-0.05, 0) is 30.7 Å². The summed E-state index contributed by atoms with van der Waals surface area (Å²) in [6.07, 6.45) is -4.19. The number of amides is 1. The predicted molar refractivity (Wildman–Crippen MR) is 83.4 cm³/mol. The Kier molecular flexibility index (Phi) is 4.10. The van der Waals surface area contributed by atoms with Gasteiger partial charge in [0.1, 0.15) is 0 Å². The van der Waals surface area contributed by atoms with Crippen LogP contribution in [0.25, 0.3) is 10.9 Å². The second-order valence-electron chi connectivity index (χ2n) is 5.86. The number of pyridine rings is 1. The number of benzene rings is 1. The van der Waals surface area contributed by atoms with Crippen LogP contribution in [0.1, 0.15) is 16.8 Å². The number of nitrogens with zero attached hydrogens (tertiary/aromatic N) is 2. The molecule has 1 unspecified atom stereocenters. The molecule has 5 nitrogen and oxygen atoms in total. The molecule has 0 radical (unpaired) electrons. The smallest absolute Gasteiger partial charge is 0.406 e. The molecule has 1 N–H and O–H groups in total. The quantitative estimate of drug-likeness (QED) is 0.877. The van der Waals surface area contributed by atoms with Gasteiger partial charge in [-0.2, -0.15) is 13.2 Å². The summed E-state index contributed by atoms with van der Waals surface area (Å²) in [5.74, 6) is -2.68. The van der Waals surface area contributed by atoms with Gasteiger partial charge in [0.15, 0.2) is 5.41 Å². The van der Waals surface area contributed by atoms with Crippen molar-refractivity contribution >= 4 is 34.4 Å². The molecule has 132 valence electrons. The lowest BCUT2D eigenvalue weighted by Crippen LogP contribution is -2.47. The average Bonchev–Trinajstić information content (AvgIpc) is 3.02. The summed E-state index contributed by atoms with van der Waals surface area (Å²) in [5, 5.41) is 9.94. The lowest BCUT2D eigenvalue weighted by Gasteiger charge is -2.27. The van der Waals surface area contributed by atoms with E-state index in [4.69, 9.17) is 16.7 Å². The molecular weight excluding hydrogens is 361 g/mol. The van der Waals surface area contributed by atoms with E-state index in [0.717, 1.165) is 4.90 Å². The normalized spacial score (nSPS) is 20.9. The molecule has 1 fully saturated rings. The molecule has 0 spiro atoms. The van der Waals surface area contributed by atoms with E-state index in [0.29, 0.717) is 10.4 Å². The highest BCUT2D eigenvalue weighted by atomic mass is 35.5. The Morgan fingerprint density at radius 2 is 2.00 bits per heavy atom. The maximum Gasteiger partial charge on any atom is 0.406 e. The standard InChI is InChI=1S/C16H12ClF3N2O3/c17-11-4-3-10(12-9(11)2-1-6-21-12)13(23)22-7-5-15(8-22,14(24)25)16(18,19)20/h1-4,6H,5,7-8H2,(H,24,25). The summed E-state index contributed by atoms with van der Waals surface area (Å²) in [7, 11) is 0. The van der Waals surface area contributed by atoms with Crippen molar-refractivity contribution in [1.82, 2.24) is 9.88 Å². The number of fused-ring (bicyclic) bond motifs is 1. The Labute approximate surface area is 145 Å². The predicted octanol–water partition coefficient (Wildman–Crippen LogP) is 3.37. The van der Waals surface area contributed by atoms with Crippen LogP contribution in [0.15, 0.2) is 30.5 Å². The monoisotopic (exact) mass is 372 g/mol. The maximum absolute atomic E-state index is 13.3. The van der Waals surface area contributed by atoms with Crippen molar-refractivity contribution in [3.05, 3.63) is 41.0 Å². The minimum absolute atomic E-state index is 0.0864. The molecule has 0 aliphatic carbocycles. The number of carboxylic acids is 1. The number of halogens is 4. The van der Waals surface area contributed by atoms with Gasteiger partial charge in [0, 0.05) is 24.7 Å². The molecule has 3 rings (SSSR count). The molecule has 1 aromatic heterocycles. The van der Waals surface area contributed by atoms with E-state index < -0.39 is 36.4 Å². The van der Waals surface area contributed by atoms with Gasteiger partial charge >= 0.3 is 12.1 Å². The number of carbonyl (C=O) groups is 2. The lowest BCUT2D eigenvalue weighted by atomic mass is 9.86. The van der Waals surface area contributed by atoms with Crippen LogP contribution >= 0.6 is 11.6 Å². The number of carbonyl (C=O) groups excluding carboxylic acids is 1. The van der Waals surface area contributed by atoms with Gasteiger partial charge in [0.05, 0.1) is 16.1 Å².